The molecular weight excluding hydrogens is 410 g/mol. The monoisotopic (exact) mass is 431 g/mol. The van der Waals surface area contributed by atoms with Crippen molar-refractivity contribution in [2.24, 2.45) is 0 Å². The van der Waals surface area contributed by atoms with Gasteiger partial charge in [-0.05, 0) is 79.7 Å². The summed E-state index contributed by atoms with van der Waals surface area (Å²) in [4.78, 5) is 27.3. The van der Waals surface area contributed by atoms with Gasteiger partial charge in [0.05, 0.1) is 12.8 Å². The van der Waals surface area contributed by atoms with Crippen LogP contribution in [-0.2, 0) is 9.59 Å². The number of anilines is 1. The molecule has 156 valence electrons. The van der Waals surface area contributed by atoms with Crippen molar-refractivity contribution < 1.29 is 14.3 Å². The average Bonchev–Trinajstić information content (AvgIpc) is 3.21. The second kappa shape index (κ2) is 8.20. The highest BCUT2D eigenvalue weighted by atomic mass is 32.1. The van der Waals surface area contributed by atoms with Gasteiger partial charge < -0.3 is 9.30 Å². The first kappa shape index (κ1) is 20.6. The minimum absolute atomic E-state index is 0.0108. The molecule has 6 nitrogen and oxygen atoms in total. The molecule has 1 aliphatic rings. The number of benzene rings is 2. The van der Waals surface area contributed by atoms with Crippen LogP contribution in [0.3, 0.4) is 0 Å². The van der Waals surface area contributed by atoms with Gasteiger partial charge >= 0.3 is 0 Å². The van der Waals surface area contributed by atoms with E-state index >= 15 is 0 Å². The van der Waals surface area contributed by atoms with Crippen LogP contribution in [0.2, 0.25) is 0 Å². The molecule has 0 saturated carbocycles. The predicted octanol–water partition coefficient (Wildman–Crippen LogP) is 3.93. The van der Waals surface area contributed by atoms with E-state index in [2.05, 4.69) is 18.3 Å². The smallest absolute Gasteiger partial charge is 0.270 e. The lowest BCUT2D eigenvalue weighted by Crippen LogP contribution is -2.54. The summed E-state index contributed by atoms with van der Waals surface area (Å²) in [7, 11) is 1.52. The molecule has 0 spiro atoms. The Labute approximate surface area is 185 Å². The Balaban J connectivity index is 1.77. The predicted molar refractivity (Wildman–Crippen MR) is 124 cm³/mol. The fourth-order valence-corrected chi connectivity index (χ4v) is 3.73. The maximum Gasteiger partial charge on any atom is 0.270 e. The van der Waals surface area contributed by atoms with Crippen molar-refractivity contribution >= 4 is 40.9 Å². The number of para-hydroxylation sites is 2. The number of ether oxygens (including phenoxy) is 1. The van der Waals surface area contributed by atoms with Gasteiger partial charge in [-0.2, -0.15) is 0 Å². The molecule has 2 amide bonds. The highest BCUT2D eigenvalue weighted by molar-refractivity contribution is 7.80. The lowest BCUT2D eigenvalue weighted by Gasteiger charge is -2.29. The number of nitrogens with one attached hydrogen (secondary N) is 1. The topological polar surface area (TPSA) is 63.6 Å². The summed E-state index contributed by atoms with van der Waals surface area (Å²) in [6.45, 7) is 4.10. The van der Waals surface area contributed by atoms with Gasteiger partial charge in [0, 0.05) is 17.6 Å². The Morgan fingerprint density at radius 2 is 1.77 bits per heavy atom. The normalized spacial score (nSPS) is 15.4. The first-order valence-corrected chi connectivity index (χ1v) is 10.1. The van der Waals surface area contributed by atoms with Gasteiger partial charge in [0.15, 0.2) is 5.11 Å². The third-order valence-corrected chi connectivity index (χ3v) is 5.55. The molecule has 31 heavy (non-hydrogen) atoms. The molecule has 0 aliphatic carbocycles. The number of carbonyl (C=O) groups is 2. The molecule has 1 saturated heterocycles. The summed E-state index contributed by atoms with van der Waals surface area (Å²) in [6.07, 6.45) is 3.47. The van der Waals surface area contributed by atoms with E-state index in [9.17, 15) is 9.59 Å². The Morgan fingerprint density at radius 3 is 2.52 bits per heavy atom. The number of carbonyl (C=O) groups excluding carboxylic acids is 2. The van der Waals surface area contributed by atoms with Gasteiger partial charge in [-0.15, -0.1) is 0 Å². The van der Waals surface area contributed by atoms with Crippen molar-refractivity contribution in [3.8, 4) is 11.4 Å². The summed E-state index contributed by atoms with van der Waals surface area (Å²) in [5.41, 5.74) is 4.46. The number of rotatable bonds is 4. The molecule has 1 aliphatic heterocycles. The number of hydrogen-bond donors (Lipinski definition) is 1. The lowest BCUT2D eigenvalue weighted by molar-refractivity contribution is -0.122. The van der Waals surface area contributed by atoms with Gasteiger partial charge in [0.2, 0.25) is 0 Å². The molecule has 0 bridgehead atoms. The minimum atomic E-state index is -0.533. The van der Waals surface area contributed by atoms with Crippen LogP contribution >= 0.6 is 12.2 Å². The van der Waals surface area contributed by atoms with Gasteiger partial charge in [0.25, 0.3) is 11.8 Å². The van der Waals surface area contributed by atoms with Crippen LogP contribution in [0.15, 0.2) is 66.4 Å². The fraction of sp³-hybridized carbons (Fsp3) is 0.125. The standard InChI is InChI=1S/C24H21N3O3S/c1-15-10-11-18(13-16(15)2)26-12-6-7-17(26)14-19-22(28)25-24(31)27(23(19)29)20-8-4-5-9-21(20)30-3/h4-14H,1-3H3,(H,25,28,31)/b19-14+. The molecular formula is C24H21N3O3S. The molecule has 1 N–H and O–H groups in total. The van der Waals surface area contributed by atoms with E-state index < -0.39 is 11.8 Å². The van der Waals surface area contributed by atoms with Crippen LogP contribution in [0.4, 0.5) is 5.69 Å². The molecule has 7 heteroatoms. The highest BCUT2D eigenvalue weighted by Crippen LogP contribution is 2.31. The maximum atomic E-state index is 13.3. The van der Waals surface area contributed by atoms with E-state index in [0.29, 0.717) is 17.1 Å². The number of methoxy groups -OCH3 is 1. The first-order chi connectivity index (χ1) is 14.9. The Kier molecular flexibility index (Phi) is 5.44. The van der Waals surface area contributed by atoms with Gasteiger partial charge in [-0.3, -0.25) is 14.9 Å². The number of nitrogens with zero attached hydrogens (tertiary/aromatic N) is 2. The molecule has 0 atom stereocenters. The van der Waals surface area contributed by atoms with Crippen LogP contribution < -0.4 is 15.0 Å². The SMILES string of the molecule is COc1ccccc1N1C(=O)/C(=C/c2cccn2-c2ccc(C)c(C)c2)C(=O)NC1=S. The summed E-state index contributed by atoms with van der Waals surface area (Å²) in [5.74, 6) is -0.563. The van der Waals surface area contributed by atoms with E-state index in [1.807, 2.05) is 42.0 Å². The molecule has 1 aromatic heterocycles. The first-order valence-electron chi connectivity index (χ1n) is 9.70. The van der Waals surface area contributed by atoms with Crippen molar-refractivity contribution in [1.82, 2.24) is 9.88 Å². The van der Waals surface area contributed by atoms with Crippen LogP contribution in [0.1, 0.15) is 16.8 Å². The van der Waals surface area contributed by atoms with Crippen LogP contribution in [0.5, 0.6) is 5.75 Å². The Bertz CT molecular complexity index is 1240. The number of aromatic nitrogens is 1. The van der Waals surface area contributed by atoms with Crippen molar-refractivity contribution in [1.29, 1.82) is 0 Å². The van der Waals surface area contributed by atoms with E-state index in [-0.39, 0.29) is 10.7 Å². The summed E-state index contributed by atoms with van der Waals surface area (Å²) in [5, 5.41) is 2.63. The molecule has 3 aromatic rings. The summed E-state index contributed by atoms with van der Waals surface area (Å²) < 4.78 is 7.30. The van der Waals surface area contributed by atoms with Gasteiger partial charge in [-0.25, -0.2) is 4.90 Å². The zero-order valence-corrected chi connectivity index (χ0v) is 18.2. The van der Waals surface area contributed by atoms with Crippen molar-refractivity contribution in [3.05, 3.63) is 83.2 Å². The molecule has 1 fully saturated rings. The molecule has 0 radical (unpaired) electrons. The zero-order chi connectivity index (χ0) is 22.1. The van der Waals surface area contributed by atoms with Gasteiger partial charge in [0.1, 0.15) is 11.3 Å². The van der Waals surface area contributed by atoms with Crippen LogP contribution in [0, 0.1) is 13.8 Å². The maximum absolute atomic E-state index is 13.3. The number of hydrogen-bond acceptors (Lipinski definition) is 4. The van der Waals surface area contributed by atoms with Crippen molar-refractivity contribution in [2.45, 2.75) is 13.8 Å². The number of thiocarbonyl (C=S) groups is 1. The van der Waals surface area contributed by atoms with Crippen LogP contribution in [-0.4, -0.2) is 28.6 Å². The summed E-state index contributed by atoms with van der Waals surface area (Å²) in [6, 6.07) is 16.9. The molecule has 2 heterocycles. The largest absolute Gasteiger partial charge is 0.495 e. The van der Waals surface area contributed by atoms with Gasteiger partial charge in [-0.1, -0.05) is 18.2 Å². The molecule has 0 unspecified atom stereocenters. The van der Waals surface area contributed by atoms with Crippen molar-refractivity contribution in [3.63, 3.8) is 0 Å². The lowest BCUT2D eigenvalue weighted by atomic mass is 10.1. The third kappa shape index (κ3) is 3.75. The van der Waals surface area contributed by atoms with Crippen LogP contribution in [0.25, 0.3) is 11.8 Å². The highest BCUT2D eigenvalue weighted by Gasteiger charge is 2.36. The zero-order valence-electron chi connectivity index (χ0n) is 17.4. The number of aryl methyl sites for hydroxylation is 2. The van der Waals surface area contributed by atoms with E-state index in [1.54, 1.807) is 30.3 Å². The van der Waals surface area contributed by atoms with E-state index in [4.69, 9.17) is 17.0 Å². The summed E-state index contributed by atoms with van der Waals surface area (Å²) >= 11 is 5.29. The van der Waals surface area contributed by atoms with Crippen molar-refractivity contribution in [2.75, 3.05) is 12.0 Å². The molecule has 4 rings (SSSR count). The third-order valence-electron chi connectivity index (χ3n) is 5.27. The van der Waals surface area contributed by atoms with E-state index in [0.717, 1.165) is 11.3 Å². The number of amides is 2. The second-order valence-electron chi connectivity index (χ2n) is 7.20. The van der Waals surface area contributed by atoms with E-state index in [1.165, 1.54) is 17.6 Å². The minimum Gasteiger partial charge on any atom is -0.495 e. The Morgan fingerprint density at radius 1 is 1.00 bits per heavy atom. The second-order valence-corrected chi connectivity index (χ2v) is 7.59. The molecule has 2 aromatic carbocycles. The fourth-order valence-electron chi connectivity index (χ4n) is 3.46. The average molecular weight is 432 g/mol. The quantitative estimate of drug-likeness (QED) is 0.386. The Hall–Kier alpha value is -3.71.